The standard InChI is InChI=1S/C15H21FN2O2/c1-10-8-17-13-7-12(16)6-5-11(13)9-18(10)14(19)20-15(2,3)4/h5-7,10,17H,8-9H2,1-4H3/t10-/m1/s1. The predicted octanol–water partition coefficient (Wildman–Crippen LogP) is 3.38. The Morgan fingerprint density at radius 1 is 1.45 bits per heavy atom. The minimum Gasteiger partial charge on any atom is -0.444 e. The second kappa shape index (κ2) is 5.31. The van der Waals surface area contributed by atoms with Gasteiger partial charge in [0.25, 0.3) is 0 Å². The highest BCUT2D eigenvalue weighted by atomic mass is 19.1. The molecule has 0 bridgehead atoms. The van der Waals surface area contributed by atoms with Gasteiger partial charge in [-0.1, -0.05) is 6.07 Å². The van der Waals surface area contributed by atoms with Gasteiger partial charge in [-0.25, -0.2) is 9.18 Å². The highest BCUT2D eigenvalue weighted by molar-refractivity contribution is 5.70. The number of anilines is 1. The van der Waals surface area contributed by atoms with Crippen LogP contribution in [0.2, 0.25) is 0 Å². The van der Waals surface area contributed by atoms with E-state index in [4.69, 9.17) is 4.74 Å². The maximum atomic E-state index is 13.3. The number of benzene rings is 1. The van der Waals surface area contributed by atoms with Crippen molar-refractivity contribution in [3.05, 3.63) is 29.6 Å². The number of hydrogen-bond donors (Lipinski definition) is 1. The number of carbonyl (C=O) groups is 1. The summed E-state index contributed by atoms with van der Waals surface area (Å²) in [5, 5.41) is 3.17. The summed E-state index contributed by atoms with van der Waals surface area (Å²) in [6.07, 6.45) is -0.344. The third-order valence-electron chi connectivity index (χ3n) is 3.16. The van der Waals surface area contributed by atoms with Gasteiger partial charge in [0.2, 0.25) is 0 Å². The molecule has 0 unspecified atom stereocenters. The van der Waals surface area contributed by atoms with E-state index in [0.29, 0.717) is 13.1 Å². The molecular weight excluding hydrogens is 259 g/mol. The van der Waals surface area contributed by atoms with Crippen LogP contribution in [0.25, 0.3) is 0 Å². The van der Waals surface area contributed by atoms with Gasteiger partial charge in [0, 0.05) is 18.3 Å². The molecular formula is C15H21FN2O2. The average Bonchev–Trinajstić information content (AvgIpc) is 2.47. The largest absolute Gasteiger partial charge is 0.444 e. The van der Waals surface area contributed by atoms with Crippen molar-refractivity contribution < 1.29 is 13.9 Å². The summed E-state index contributed by atoms with van der Waals surface area (Å²) in [4.78, 5) is 13.9. The van der Waals surface area contributed by atoms with Gasteiger partial charge in [-0.2, -0.15) is 0 Å². The first-order chi connectivity index (χ1) is 9.26. The van der Waals surface area contributed by atoms with Crippen molar-refractivity contribution in [2.75, 3.05) is 11.9 Å². The molecule has 110 valence electrons. The van der Waals surface area contributed by atoms with Gasteiger partial charge in [0.1, 0.15) is 11.4 Å². The Balaban J connectivity index is 2.22. The molecule has 1 aromatic rings. The Hall–Kier alpha value is -1.78. The molecule has 1 aromatic carbocycles. The van der Waals surface area contributed by atoms with Crippen molar-refractivity contribution in [2.24, 2.45) is 0 Å². The smallest absolute Gasteiger partial charge is 0.410 e. The van der Waals surface area contributed by atoms with Crippen LogP contribution in [0.1, 0.15) is 33.3 Å². The Kier molecular flexibility index (Phi) is 3.88. The van der Waals surface area contributed by atoms with E-state index >= 15 is 0 Å². The van der Waals surface area contributed by atoms with E-state index in [1.165, 1.54) is 12.1 Å². The topological polar surface area (TPSA) is 41.6 Å². The number of fused-ring (bicyclic) bond motifs is 1. The molecule has 1 aliphatic heterocycles. The molecule has 1 heterocycles. The zero-order valence-corrected chi connectivity index (χ0v) is 12.4. The minimum absolute atomic E-state index is 0.0275. The van der Waals surface area contributed by atoms with Crippen LogP contribution < -0.4 is 5.32 Å². The summed E-state index contributed by atoms with van der Waals surface area (Å²) >= 11 is 0. The molecule has 1 aliphatic rings. The summed E-state index contributed by atoms with van der Waals surface area (Å²) in [6, 6.07) is 4.54. The Labute approximate surface area is 118 Å². The third-order valence-corrected chi connectivity index (χ3v) is 3.16. The van der Waals surface area contributed by atoms with E-state index in [0.717, 1.165) is 11.3 Å². The molecule has 0 fully saturated rings. The van der Waals surface area contributed by atoms with E-state index < -0.39 is 5.60 Å². The molecule has 0 saturated heterocycles. The zero-order valence-electron chi connectivity index (χ0n) is 12.4. The molecule has 0 aromatic heterocycles. The van der Waals surface area contributed by atoms with Crippen LogP contribution in [0, 0.1) is 5.82 Å². The number of carbonyl (C=O) groups excluding carboxylic acids is 1. The SMILES string of the molecule is C[C@@H]1CNc2cc(F)ccc2CN1C(=O)OC(C)(C)C. The monoisotopic (exact) mass is 280 g/mol. The molecule has 0 saturated carbocycles. The van der Waals surface area contributed by atoms with E-state index in [2.05, 4.69) is 5.32 Å². The third kappa shape index (κ3) is 3.40. The van der Waals surface area contributed by atoms with Crippen LogP contribution in [0.4, 0.5) is 14.9 Å². The summed E-state index contributed by atoms with van der Waals surface area (Å²) < 4.78 is 18.7. The lowest BCUT2D eigenvalue weighted by Crippen LogP contribution is -2.43. The number of hydrogen-bond acceptors (Lipinski definition) is 3. The molecule has 2 rings (SSSR count). The zero-order chi connectivity index (χ0) is 14.9. The first-order valence-corrected chi connectivity index (χ1v) is 6.78. The second-order valence-electron chi connectivity index (χ2n) is 6.14. The van der Waals surface area contributed by atoms with Crippen molar-refractivity contribution in [1.29, 1.82) is 0 Å². The number of amides is 1. The summed E-state index contributed by atoms with van der Waals surface area (Å²) in [5.74, 6) is -0.283. The lowest BCUT2D eigenvalue weighted by molar-refractivity contribution is 0.0172. The van der Waals surface area contributed by atoms with Crippen molar-refractivity contribution in [3.8, 4) is 0 Å². The number of nitrogens with one attached hydrogen (secondary N) is 1. The molecule has 5 heteroatoms. The van der Waals surface area contributed by atoms with Gasteiger partial charge in [0.05, 0.1) is 6.54 Å². The molecule has 0 aliphatic carbocycles. The van der Waals surface area contributed by atoms with Crippen LogP contribution in [0.5, 0.6) is 0 Å². The normalized spacial score (nSPS) is 18.9. The summed E-state index contributed by atoms with van der Waals surface area (Å²) in [6.45, 7) is 8.45. The van der Waals surface area contributed by atoms with Crippen LogP contribution >= 0.6 is 0 Å². The van der Waals surface area contributed by atoms with E-state index in [1.807, 2.05) is 27.7 Å². The fraction of sp³-hybridized carbons (Fsp3) is 0.533. The van der Waals surface area contributed by atoms with Gasteiger partial charge in [-0.3, -0.25) is 4.90 Å². The Morgan fingerprint density at radius 2 is 2.15 bits per heavy atom. The highest BCUT2D eigenvalue weighted by Crippen LogP contribution is 2.24. The van der Waals surface area contributed by atoms with Crippen LogP contribution in [0.3, 0.4) is 0 Å². The molecule has 0 spiro atoms. The van der Waals surface area contributed by atoms with Gasteiger partial charge < -0.3 is 10.1 Å². The fourth-order valence-corrected chi connectivity index (χ4v) is 2.12. The van der Waals surface area contributed by atoms with Crippen molar-refractivity contribution in [1.82, 2.24) is 4.90 Å². The van der Waals surface area contributed by atoms with Crippen molar-refractivity contribution in [2.45, 2.75) is 45.9 Å². The summed E-state index contributed by atoms with van der Waals surface area (Å²) in [7, 11) is 0. The molecule has 1 amide bonds. The fourth-order valence-electron chi connectivity index (χ4n) is 2.12. The van der Waals surface area contributed by atoms with Crippen LogP contribution in [0.15, 0.2) is 18.2 Å². The predicted molar refractivity (Wildman–Crippen MR) is 76.1 cm³/mol. The van der Waals surface area contributed by atoms with Crippen molar-refractivity contribution in [3.63, 3.8) is 0 Å². The molecule has 1 N–H and O–H groups in total. The Bertz CT molecular complexity index is 511. The highest BCUT2D eigenvalue weighted by Gasteiger charge is 2.28. The summed E-state index contributed by atoms with van der Waals surface area (Å²) in [5.41, 5.74) is 1.10. The number of ether oxygens (including phenoxy) is 1. The van der Waals surface area contributed by atoms with Gasteiger partial charge in [0.15, 0.2) is 0 Å². The number of rotatable bonds is 0. The van der Waals surface area contributed by atoms with Crippen LogP contribution in [-0.2, 0) is 11.3 Å². The number of halogens is 1. The number of nitrogens with zero attached hydrogens (tertiary/aromatic N) is 1. The maximum Gasteiger partial charge on any atom is 0.410 e. The lowest BCUT2D eigenvalue weighted by atomic mass is 10.1. The molecule has 4 nitrogen and oxygen atoms in total. The van der Waals surface area contributed by atoms with Gasteiger partial charge >= 0.3 is 6.09 Å². The van der Waals surface area contributed by atoms with E-state index in [9.17, 15) is 9.18 Å². The first-order valence-electron chi connectivity index (χ1n) is 6.78. The molecule has 0 radical (unpaired) electrons. The first kappa shape index (κ1) is 14.6. The van der Waals surface area contributed by atoms with Crippen LogP contribution in [-0.4, -0.2) is 29.2 Å². The molecule has 1 atom stereocenters. The van der Waals surface area contributed by atoms with E-state index in [-0.39, 0.29) is 18.0 Å². The van der Waals surface area contributed by atoms with E-state index in [1.54, 1.807) is 11.0 Å². The second-order valence-corrected chi connectivity index (χ2v) is 6.14. The average molecular weight is 280 g/mol. The van der Waals surface area contributed by atoms with Gasteiger partial charge in [-0.05, 0) is 45.4 Å². The Morgan fingerprint density at radius 3 is 2.80 bits per heavy atom. The quantitative estimate of drug-likeness (QED) is 0.792. The maximum absolute atomic E-state index is 13.3. The minimum atomic E-state index is -0.526. The van der Waals surface area contributed by atoms with Crippen molar-refractivity contribution >= 4 is 11.8 Å². The van der Waals surface area contributed by atoms with Gasteiger partial charge in [-0.15, -0.1) is 0 Å². The lowest BCUT2D eigenvalue weighted by Gasteiger charge is -2.30. The molecule has 20 heavy (non-hydrogen) atoms.